The van der Waals surface area contributed by atoms with Crippen LogP contribution in [0.15, 0.2) is 342 Å². The minimum atomic E-state index is -0.0534. The maximum Gasteiger partial charge on any atom is 0.119 e. The Kier molecular flexibility index (Phi) is 18.4. The van der Waals surface area contributed by atoms with E-state index in [0.717, 1.165) is 151 Å². The number of fused-ring (bicyclic) bond motifs is 8. The molecule has 0 aliphatic rings. The van der Waals surface area contributed by atoms with Crippen molar-refractivity contribution in [3.05, 3.63) is 392 Å². The molecule has 0 bridgehead atoms. The fraction of sp³-hybridized carbons (Fsp3) is 0.0600. The standard InChI is InChI=1S/C100H80N6O3/c1-7-68-21-35-75(36-22-68)103(74-33-19-67(5)20-34-74)82-49-55-97-91(59-82)94-62-85(106(78-41-27-71(10-4)28-42-78)81-47-53-86(109-6)54-48-81)52-58-100(94)101(97)63-95-87-15-11-13-17-89(87)96(90-18-14-12-16-88(90)95)64-102-98-56-50-83(104(76-37-23-69(8-2)24-38-76)79-43-29-72(65-107)30-44-79)60-92(98)93-61-84(51-57-99(93)102)105(77-39-25-70(9-3)26-40-77)80-45-31-73(66-108)32-46-80/h7-62,107-108H,1-4,63-66H2,5-6H3. The maximum atomic E-state index is 10.2. The van der Waals surface area contributed by atoms with Crippen LogP contribution in [0.1, 0.15) is 50.1 Å². The van der Waals surface area contributed by atoms with Gasteiger partial charge in [-0.1, -0.05) is 190 Å². The predicted molar refractivity (Wildman–Crippen MR) is 461 cm³/mol. The highest BCUT2D eigenvalue weighted by molar-refractivity contribution is 6.14. The van der Waals surface area contributed by atoms with E-state index >= 15 is 0 Å². The third-order valence-electron chi connectivity index (χ3n) is 21.4. The molecule has 0 amide bonds. The van der Waals surface area contributed by atoms with Crippen LogP contribution in [-0.2, 0) is 26.3 Å². The van der Waals surface area contributed by atoms with Crippen molar-refractivity contribution in [3.63, 3.8) is 0 Å². The van der Waals surface area contributed by atoms with E-state index in [1.54, 1.807) is 7.11 Å². The van der Waals surface area contributed by atoms with Crippen LogP contribution >= 0.6 is 0 Å². The van der Waals surface area contributed by atoms with Crippen LogP contribution in [0.3, 0.4) is 0 Å². The van der Waals surface area contributed by atoms with Gasteiger partial charge in [-0.2, -0.15) is 0 Å². The zero-order valence-electron chi connectivity index (χ0n) is 61.0. The molecule has 0 spiro atoms. The molecule has 9 nitrogen and oxygen atoms in total. The van der Waals surface area contributed by atoms with E-state index in [0.29, 0.717) is 13.1 Å². The topological polar surface area (TPSA) is 72.5 Å². The zero-order valence-corrected chi connectivity index (χ0v) is 61.0. The van der Waals surface area contributed by atoms with Crippen LogP contribution < -0.4 is 24.3 Å². The van der Waals surface area contributed by atoms with E-state index in [1.807, 2.05) is 60.7 Å². The molecule has 0 aliphatic carbocycles. The molecule has 109 heavy (non-hydrogen) atoms. The molecule has 0 atom stereocenters. The lowest BCUT2D eigenvalue weighted by atomic mass is 9.91. The van der Waals surface area contributed by atoms with Crippen molar-refractivity contribution < 1.29 is 14.9 Å². The van der Waals surface area contributed by atoms with Crippen LogP contribution in [0, 0.1) is 6.92 Å². The van der Waals surface area contributed by atoms with Gasteiger partial charge in [-0.3, -0.25) is 0 Å². The molecular weight excluding hydrogens is 1330 g/mol. The van der Waals surface area contributed by atoms with Crippen LogP contribution in [0.2, 0.25) is 0 Å². The van der Waals surface area contributed by atoms with Crippen molar-refractivity contribution in [2.45, 2.75) is 33.2 Å². The zero-order chi connectivity index (χ0) is 74.2. The van der Waals surface area contributed by atoms with Crippen molar-refractivity contribution in [1.82, 2.24) is 9.13 Å². The Hall–Kier alpha value is -13.7. The van der Waals surface area contributed by atoms with E-state index in [2.05, 4.69) is 341 Å². The summed E-state index contributed by atoms with van der Waals surface area (Å²) in [5.74, 6) is 0.785. The molecule has 17 rings (SSSR count). The molecule has 0 aliphatic heterocycles. The van der Waals surface area contributed by atoms with Gasteiger partial charge in [-0.15, -0.1) is 0 Å². The molecule has 2 aromatic heterocycles. The average molecular weight is 1410 g/mol. The van der Waals surface area contributed by atoms with Gasteiger partial charge in [0.05, 0.1) is 20.3 Å². The molecule has 0 unspecified atom stereocenters. The summed E-state index contributed by atoms with van der Waals surface area (Å²) in [5, 5.41) is 29.6. The van der Waals surface area contributed by atoms with Crippen LogP contribution in [0.4, 0.5) is 68.2 Å². The van der Waals surface area contributed by atoms with Gasteiger partial charge in [0, 0.05) is 125 Å². The first-order valence-electron chi connectivity index (χ1n) is 36.8. The summed E-state index contributed by atoms with van der Waals surface area (Å²) in [4.78, 5) is 9.25. The number of aliphatic hydroxyl groups excluding tert-OH is 2. The number of rotatable bonds is 23. The SMILES string of the molecule is C=Cc1ccc(N(c2ccc(C)cc2)c2ccc3c(c2)c2cc(N(c4ccc(C=C)cc4)c4ccc(OC)cc4)ccc2n3Cc2c3ccccc3c(Cn3c4ccc(N(c5ccc(C=C)cc5)c5ccc(CO)cc5)cc4c4cc(N(c5ccc(C=C)cc5)c5ccc(CO)cc5)ccc43)c3ccccc23)cc1. The first-order valence-corrected chi connectivity index (χ1v) is 36.8. The molecule has 17 aromatic rings. The Morgan fingerprint density at radius 1 is 0.284 bits per heavy atom. The number of anilines is 12. The molecule has 0 saturated carbocycles. The van der Waals surface area contributed by atoms with Crippen molar-refractivity contribution >= 4 is 158 Å². The number of methoxy groups -OCH3 is 1. The highest BCUT2D eigenvalue weighted by atomic mass is 16.5. The smallest absolute Gasteiger partial charge is 0.119 e. The second kappa shape index (κ2) is 29.3. The Labute approximate surface area is 635 Å². The Morgan fingerprint density at radius 3 is 0.752 bits per heavy atom. The minimum Gasteiger partial charge on any atom is -0.497 e. The summed E-state index contributed by atoms with van der Waals surface area (Å²) in [5.41, 5.74) is 25.8. The summed E-state index contributed by atoms with van der Waals surface area (Å²) in [7, 11) is 1.71. The Bertz CT molecular complexity index is 6030. The molecular formula is C100H80N6O3. The quantitative estimate of drug-likeness (QED) is 0.0618. The number of benzene rings is 15. The molecule has 15 aromatic carbocycles. The summed E-state index contributed by atoms with van der Waals surface area (Å²) in [6, 6.07) is 113. The molecule has 0 saturated heterocycles. The van der Waals surface area contributed by atoms with E-state index in [-0.39, 0.29) is 13.2 Å². The second-order valence-electron chi connectivity index (χ2n) is 27.7. The summed E-state index contributed by atoms with van der Waals surface area (Å²) >= 11 is 0. The molecule has 9 heteroatoms. The summed E-state index contributed by atoms with van der Waals surface area (Å²) in [6.45, 7) is 19.5. The van der Waals surface area contributed by atoms with Crippen molar-refractivity contribution in [1.29, 1.82) is 0 Å². The van der Waals surface area contributed by atoms with Crippen LogP contribution in [0.5, 0.6) is 5.75 Å². The Morgan fingerprint density at radius 2 is 0.514 bits per heavy atom. The molecule has 528 valence electrons. The third-order valence-corrected chi connectivity index (χ3v) is 21.4. The summed E-state index contributed by atoms with van der Waals surface area (Å²) in [6.07, 6.45) is 7.51. The highest BCUT2D eigenvalue weighted by Crippen LogP contribution is 2.47. The lowest BCUT2D eigenvalue weighted by Gasteiger charge is -2.26. The van der Waals surface area contributed by atoms with Gasteiger partial charge in [0.15, 0.2) is 0 Å². The van der Waals surface area contributed by atoms with E-state index in [4.69, 9.17) is 4.74 Å². The number of nitrogens with zero attached hydrogens (tertiary/aromatic N) is 6. The number of aromatic nitrogens is 2. The number of hydrogen-bond acceptors (Lipinski definition) is 7. The predicted octanol–water partition coefficient (Wildman–Crippen LogP) is 26.1. The highest BCUT2D eigenvalue weighted by Gasteiger charge is 2.26. The van der Waals surface area contributed by atoms with E-state index in [1.165, 1.54) is 38.2 Å². The van der Waals surface area contributed by atoms with Gasteiger partial charge in [-0.05, 0) is 255 Å². The van der Waals surface area contributed by atoms with Crippen LogP contribution in [0.25, 0.3) is 89.5 Å². The van der Waals surface area contributed by atoms with Crippen molar-refractivity contribution in [2.24, 2.45) is 0 Å². The summed E-state index contributed by atoms with van der Waals surface area (Å²) < 4.78 is 10.8. The van der Waals surface area contributed by atoms with Crippen molar-refractivity contribution in [2.75, 3.05) is 26.7 Å². The first kappa shape index (κ1) is 68.4. The minimum absolute atomic E-state index is 0.0534. The number of hydrogen-bond donors (Lipinski definition) is 2. The van der Waals surface area contributed by atoms with Gasteiger partial charge in [0.1, 0.15) is 5.75 Å². The van der Waals surface area contributed by atoms with Gasteiger partial charge in [-0.25, -0.2) is 0 Å². The van der Waals surface area contributed by atoms with Gasteiger partial charge in [0.25, 0.3) is 0 Å². The van der Waals surface area contributed by atoms with Gasteiger partial charge < -0.3 is 43.7 Å². The van der Waals surface area contributed by atoms with E-state index < -0.39 is 0 Å². The van der Waals surface area contributed by atoms with Crippen molar-refractivity contribution in [3.8, 4) is 5.75 Å². The fourth-order valence-corrected chi connectivity index (χ4v) is 15.8. The third kappa shape index (κ3) is 12.8. The van der Waals surface area contributed by atoms with Gasteiger partial charge in [0.2, 0.25) is 0 Å². The molecule has 0 radical (unpaired) electrons. The maximum absolute atomic E-state index is 10.2. The number of aryl methyl sites for hydroxylation is 1. The average Bonchev–Trinajstić information content (AvgIpc) is 1.63. The lowest BCUT2D eigenvalue weighted by molar-refractivity contribution is 0.281. The van der Waals surface area contributed by atoms with Crippen LogP contribution in [-0.4, -0.2) is 26.5 Å². The Balaban J connectivity index is 0.858. The van der Waals surface area contributed by atoms with E-state index in [9.17, 15) is 10.2 Å². The molecule has 2 heterocycles. The fourth-order valence-electron chi connectivity index (χ4n) is 15.8. The largest absolute Gasteiger partial charge is 0.497 e. The molecule has 2 N–H and O–H groups in total. The number of ether oxygens (including phenoxy) is 1. The second-order valence-corrected chi connectivity index (χ2v) is 27.7. The lowest BCUT2D eigenvalue weighted by Crippen LogP contribution is -2.10. The normalized spacial score (nSPS) is 11.4. The monoisotopic (exact) mass is 1410 g/mol. The first-order chi connectivity index (χ1) is 53.6. The number of aliphatic hydroxyl groups is 2. The van der Waals surface area contributed by atoms with Gasteiger partial charge >= 0.3 is 0 Å². The molecule has 0 fully saturated rings.